The molecule has 0 radical (unpaired) electrons. The summed E-state index contributed by atoms with van der Waals surface area (Å²) in [7, 11) is 0. The van der Waals surface area contributed by atoms with Crippen molar-refractivity contribution in [2.75, 3.05) is 5.32 Å². The summed E-state index contributed by atoms with van der Waals surface area (Å²) in [6.45, 7) is 3.64. The Morgan fingerprint density at radius 1 is 1.26 bits per heavy atom. The number of para-hydroxylation sites is 1. The summed E-state index contributed by atoms with van der Waals surface area (Å²) in [5, 5.41) is 14.5. The first-order chi connectivity index (χ1) is 9.22. The number of thiophene rings is 1. The maximum atomic E-state index is 11.4. The summed E-state index contributed by atoms with van der Waals surface area (Å²) in [4.78, 5) is 12.3. The van der Waals surface area contributed by atoms with Crippen LogP contribution >= 0.6 is 11.3 Å². The fourth-order valence-corrected chi connectivity index (χ4v) is 2.72. The summed E-state index contributed by atoms with van der Waals surface area (Å²) < 4.78 is 0. The molecule has 0 fully saturated rings. The normalized spacial score (nSPS) is 13.5. The lowest BCUT2D eigenvalue weighted by Crippen LogP contribution is -2.25. The number of carboxylic acid groups (broad SMARTS) is 1. The van der Waals surface area contributed by atoms with Gasteiger partial charge in [-0.15, -0.1) is 17.9 Å². The summed E-state index contributed by atoms with van der Waals surface area (Å²) in [6.07, 6.45) is 1.47. The third kappa shape index (κ3) is 3.23. The topological polar surface area (TPSA) is 49.3 Å². The van der Waals surface area contributed by atoms with Gasteiger partial charge in [0.2, 0.25) is 0 Å². The molecular weight excluding hydrogens is 258 g/mol. The number of benzene rings is 1. The number of carboxylic acids is 1. The number of aliphatic carboxylic acids is 1. The van der Waals surface area contributed by atoms with Crippen LogP contribution in [-0.4, -0.2) is 11.1 Å². The molecular formula is C15H15NO2S. The van der Waals surface area contributed by atoms with E-state index in [1.54, 1.807) is 0 Å². The predicted molar refractivity (Wildman–Crippen MR) is 78.4 cm³/mol. The molecule has 0 saturated heterocycles. The molecule has 98 valence electrons. The summed E-state index contributed by atoms with van der Waals surface area (Å²) in [6, 6.07) is 13.1. The number of rotatable bonds is 6. The molecule has 1 heterocycles. The Labute approximate surface area is 116 Å². The number of anilines is 1. The van der Waals surface area contributed by atoms with E-state index in [-0.39, 0.29) is 6.04 Å². The lowest BCUT2D eigenvalue weighted by Gasteiger charge is -2.23. The first-order valence-corrected chi connectivity index (χ1v) is 6.80. The van der Waals surface area contributed by atoms with Crippen LogP contribution in [0.5, 0.6) is 0 Å². The van der Waals surface area contributed by atoms with E-state index in [4.69, 9.17) is 0 Å². The van der Waals surface area contributed by atoms with Crippen LogP contribution in [0.3, 0.4) is 0 Å². The molecule has 0 aliphatic carbocycles. The van der Waals surface area contributed by atoms with Crippen molar-refractivity contribution in [3.05, 3.63) is 65.4 Å². The van der Waals surface area contributed by atoms with E-state index in [1.807, 2.05) is 47.8 Å². The third-order valence-corrected chi connectivity index (χ3v) is 3.80. The van der Waals surface area contributed by atoms with Gasteiger partial charge in [-0.25, -0.2) is 0 Å². The molecule has 1 aromatic heterocycles. The van der Waals surface area contributed by atoms with Gasteiger partial charge in [-0.3, -0.25) is 4.79 Å². The SMILES string of the molecule is C=C[C@@H](C(=O)O)[C@@H](Nc1ccccc1)c1cccs1. The average Bonchev–Trinajstić information content (AvgIpc) is 2.93. The number of carbonyl (C=O) groups is 1. The van der Waals surface area contributed by atoms with Crippen LogP contribution < -0.4 is 5.32 Å². The van der Waals surface area contributed by atoms with Gasteiger partial charge in [0.05, 0.1) is 12.0 Å². The highest BCUT2D eigenvalue weighted by molar-refractivity contribution is 7.10. The largest absolute Gasteiger partial charge is 0.481 e. The van der Waals surface area contributed by atoms with Gasteiger partial charge in [0.15, 0.2) is 0 Å². The second kappa shape index (κ2) is 6.20. The molecule has 0 amide bonds. The molecule has 2 atom stereocenters. The Morgan fingerprint density at radius 3 is 2.53 bits per heavy atom. The van der Waals surface area contributed by atoms with Crippen LogP contribution in [0.1, 0.15) is 10.9 Å². The fourth-order valence-electron chi connectivity index (χ4n) is 1.90. The van der Waals surface area contributed by atoms with Crippen molar-refractivity contribution in [1.29, 1.82) is 0 Å². The van der Waals surface area contributed by atoms with Crippen LogP contribution in [-0.2, 0) is 4.79 Å². The highest BCUT2D eigenvalue weighted by atomic mass is 32.1. The Kier molecular flexibility index (Phi) is 4.36. The van der Waals surface area contributed by atoms with Crippen molar-refractivity contribution in [2.24, 2.45) is 5.92 Å². The first-order valence-electron chi connectivity index (χ1n) is 5.92. The molecule has 4 heteroatoms. The third-order valence-electron chi connectivity index (χ3n) is 2.84. The standard InChI is InChI=1S/C15H15NO2S/c1-2-12(15(17)18)14(13-9-6-10-19-13)16-11-7-4-3-5-8-11/h2-10,12,14,16H,1H2,(H,17,18)/t12-,14-/m1/s1. The first kappa shape index (κ1) is 13.4. The molecule has 0 aliphatic heterocycles. The van der Waals surface area contributed by atoms with E-state index in [0.717, 1.165) is 10.6 Å². The summed E-state index contributed by atoms with van der Waals surface area (Å²) in [5.41, 5.74) is 0.897. The van der Waals surface area contributed by atoms with Gasteiger partial charge in [-0.05, 0) is 23.6 Å². The van der Waals surface area contributed by atoms with Crippen molar-refractivity contribution < 1.29 is 9.90 Å². The Hall–Kier alpha value is -2.07. The van der Waals surface area contributed by atoms with Crippen molar-refractivity contribution >= 4 is 23.0 Å². The second-order valence-corrected chi connectivity index (χ2v) is 5.08. The lowest BCUT2D eigenvalue weighted by atomic mass is 9.98. The van der Waals surface area contributed by atoms with Gasteiger partial charge in [0, 0.05) is 10.6 Å². The number of nitrogens with one attached hydrogen (secondary N) is 1. The minimum absolute atomic E-state index is 0.308. The molecule has 2 N–H and O–H groups in total. The summed E-state index contributed by atoms with van der Waals surface area (Å²) in [5.74, 6) is -1.55. The minimum Gasteiger partial charge on any atom is -0.481 e. The van der Waals surface area contributed by atoms with Gasteiger partial charge >= 0.3 is 5.97 Å². The van der Waals surface area contributed by atoms with Crippen molar-refractivity contribution in [2.45, 2.75) is 6.04 Å². The predicted octanol–water partition coefficient (Wildman–Crippen LogP) is 3.79. The van der Waals surface area contributed by atoms with E-state index >= 15 is 0 Å². The molecule has 0 unspecified atom stereocenters. The van der Waals surface area contributed by atoms with Crippen LogP contribution in [0.2, 0.25) is 0 Å². The zero-order valence-electron chi connectivity index (χ0n) is 10.3. The van der Waals surface area contributed by atoms with Gasteiger partial charge in [-0.1, -0.05) is 30.3 Å². The monoisotopic (exact) mass is 273 g/mol. The lowest BCUT2D eigenvalue weighted by molar-refractivity contribution is -0.140. The van der Waals surface area contributed by atoms with E-state index < -0.39 is 11.9 Å². The van der Waals surface area contributed by atoms with Crippen LogP contribution in [0.4, 0.5) is 5.69 Å². The summed E-state index contributed by atoms with van der Waals surface area (Å²) >= 11 is 1.54. The zero-order chi connectivity index (χ0) is 13.7. The molecule has 3 nitrogen and oxygen atoms in total. The van der Waals surface area contributed by atoms with Crippen molar-refractivity contribution in [1.82, 2.24) is 0 Å². The molecule has 1 aromatic carbocycles. The van der Waals surface area contributed by atoms with Crippen LogP contribution in [0, 0.1) is 5.92 Å². The smallest absolute Gasteiger partial charge is 0.312 e. The maximum absolute atomic E-state index is 11.4. The van der Waals surface area contributed by atoms with Crippen LogP contribution in [0.25, 0.3) is 0 Å². The maximum Gasteiger partial charge on any atom is 0.312 e. The van der Waals surface area contributed by atoms with E-state index in [2.05, 4.69) is 11.9 Å². The average molecular weight is 273 g/mol. The Morgan fingerprint density at radius 2 is 2.00 bits per heavy atom. The van der Waals surface area contributed by atoms with Crippen LogP contribution in [0.15, 0.2) is 60.5 Å². The molecule has 2 rings (SSSR count). The molecule has 0 saturated carbocycles. The molecule has 0 aliphatic rings. The van der Waals surface area contributed by atoms with E-state index in [9.17, 15) is 9.90 Å². The number of hydrogen-bond acceptors (Lipinski definition) is 3. The quantitative estimate of drug-likeness (QED) is 0.787. The zero-order valence-corrected chi connectivity index (χ0v) is 11.1. The molecule has 19 heavy (non-hydrogen) atoms. The van der Waals surface area contributed by atoms with Crippen molar-refractivity contribution in [3.8, 4) is 0 Å². The van der Waals surface area contributed by atoms with Crippen molar-refractivity contribution in [3.63, 3.8) is 0 Å². The van der Waals surface area contributed by atoms with Gasteiger partial charge in [0.25, 0.3) is 0 Å². The highest BCUT2D eigenvalue weighted by Crippen LogP contribution is 2.30. The Bertz CT molecular complexity index is 537. The number of hydrogen-bond donors (Lipinski definition) is 2. The molecule has 2 aromatic rings. The highest BCUT2D eigenvalue weighted by Gasteiger charge is 2.27. The fraction of sp³-hybridized carbons (Fsp3) is 0.133. The van der Waals surface area contributed by atoms with E-state index in [1.165, 1.54) is 17.4 Å². The second-order valence-electron chi connectivity index (χ2n) is 4.10. The molecule has 0 spiro atoms. The molecule has 0 bridgehead atoms. The van der Waals surface area contributed by atoms with Gasteiger partial charge in [0.1, 0.15) is 0 Å². The van der Waals surface area contributed by atoms with E-state index in [0.29, 0.717) is 0 Å². The minimum atomic E-state index is -0.878. The van der Waals surface area contributed by atoms with Gasteiger partial charge in [-0.2, -0.15) is 0 Å². The van der Waals surface area contributed by atoms with Gasteiger partial charge < -0.3 is 10.4 Å². The Balaban J connectivity index is 2.29.